The van der Waals surface area contributed by atoms with Crippen LogP contribution in [0.5, 0.6) is 5.75 Å². The van der Waals surface area contributed by atoms with E-state index in [1.165, 1.54) is 10.9 Å². The highest BCUT2D eigenvalue weighted by Crippen LogP contribution is 2.12. The van der Waals surface area contributed by atoms with Crippen molar-refractivity contribution in [3.05, 3.63) is 46.1 Å². The summed E-state index contributed by atoms with van der Waals surface area (Å²) in [5.41, 5.74) is 0.149. The lowest BCUT2D eigenvalue weighted by molar-refractivity contribution is 0.474. The minimum absolute atomic E-state index is 0.117. The highest BCUT2D eigenvalue weighted by atomic mass is 16.3. The molecule has 2 rings (SSSR count). The SMILES string of the molecule is CCc1n[nH]c(=O)n1N=Cc1ccccc1O. The molecule has 0 atom stereocenters. The molecule has 2 N–H and O–H groups in total. The van der Waals surface area contributed by atoms with Gasteiger partial charge >= 0.3 is 5.69 Å². The first-order valence-corrected chi connectivity index (χ1v) is 5.21. The number of aromatic nitrogens is 3. The summed E-state index contributed by atoms with van der Waals surface area (Å²) in [5.74, 6) is 0.660. The van der Waals surface area contributed by atoms with Crippen molar-refractivity contribution in [3.63, 3.8) is 0 Å². The Hall–Kier alpha value is -2.37. The molecule has 0 aliphatic carbocycles. The maximum absolute atomic E-state index is 11.4. The first-order chi connectivity index (χ1) is 8.22. The van der Waals surface area contributed by atoms with Crippen LogP contribution in [0.2, 0.25) is 0 Å². The molecule has 0 fully saturated rings. The van der Waals surface area contributed by atoms with Gasteiger partial charge in [0.15, 0.2) is 5.82 Å². The second-order valence-electron chi connectivity index (χ2n) is 3.41. The van der Waals surface area contributed by atoms with Gasteiger partial charge in [0.1, 0.15) is 5.75 Å². The van der Waals surface area contributed by atoms with Crippen molar-refractivity contribution in [2.45, 2.75) is 13.3 Å². The molecule has 1 aromatic carbocycles. The minimum atomic E-state index is -0.395. The molecule has 0 unspecified atom stereocenters. The van der Waals surface area contributed by atoms with E-state index in [2.05, 4.69) is 15.3 Å². The van der Waals surface area contributed by atoms with Crippen LogP contribution in [0.15, 0.2) is 34.2 Å². The molecule has 0 spiro atoms. The molecule has 6 nitrogen and oxygen atoms in total. The van der Waals surface area contributed by atoms with Crippen molar-refractivity contribution in [1.29, 1.82) is 0 Å². The van der Waals surface area contributed by atoms with Crippen LogP contribution in [0, 0.1) is 0 Å². The van der Waals surface area contributed by atoms with Crippen molar-refractivity contribution in [2.24, 2.45) is 5.10 Å². The molecule has 0 amide bonds. The molecule has 2 aromatic rings. The van der Waals surface area contributed by atoms with Gasteiger partial charge in [-0.25, -0.2) is 9.89 Å². The van der Waals surface area contributed by atoms with Gasteiger partial charge in [-0.3, -0.25) is 0 Å². The van der Waals surface area contributed by atoms with E-state index in [-0.39, 0.29) is 5.75 Å². The van der Waals surface area contributed by atoms with Gasteiger partial charge in [0.2, 0.25) is 0 Å². The van der Waals surface area contributed by atoms with Crippen molar-refractivity contribution in [2.75, 3.05) is 0 Å². The molecule has 0 bridgehead atoms. The fraction of sp³-hybridized carbons (Fsp3) is 0.182. The summed E-state index contributed by atoms with van der Waals surface area (Å²) < 4.78 is 1.17. The number of aromatic amines is 1. The zero-order valence-corrected chi connectivity index (χ0v) is 9.29. The third-order valence-electron chi connectivity index (χ3n) is 2.28. The molecular formula is C11H12N4O2. The fourth-order valence-electron chi connectivity index (χ4n) is 1.39. The van der Waals surface area contributed by atoms with Crippen LogP contribution >= 0.6 is 0 Å². The fourth-order valence-corrected chi connectivity index (χ4v) is 1.39. The van der Waals surface area contributed by atoms with Gasteiger partial charge in [-0.05, 0) is 12.1 Å². The first-order valence-electron chi connectivity index (χ1n) is 5.21. The normalized spacial score (nSPS) is 11.1. The summed E-state index contributed by atoms with van der Waals surface area (Å²) in [6, 6.07) is 6.75. The largest absolute Gasteiger partial charge is 0.507 e. The quantitative estimate of drug-likeness (QED) is 0.765. The first kappa shape index (κ1) is 11.1. The van der Waals surface area contributed by atoms with Crippen molar-refractivity contribution >= 4 is 6.21 Å². The molecule has 0 aliphatic rings. The number of nitrogens with one attached hydrogen (secondary N) is 1. The highest BCUT2D eigenvalue weighted by Gasteiger charge is 2.04. The number of aryl methyl sites for hydroxylation is 1. The summed E-state index contributed by atoms with van der Waals surface area (Å²) in [6.07, 6.45) is 2.02. The van der Waals surface area contributed by atoms with Gasteiger partial charge in [-0.15, -0.1) is 0 Å². The number of para-hydroxylation sites is 1. The molecule has 0 radical (unpaired) electrons. The van der Waals surface area contributed by atoms with Crippen LogP contribution < -0.4 is 5.69 Å². The predicted octanol–water partition coefficient (Wildman–Crippen LogP) is 0.722. The standard InChI is InChI=1S/C11H12N4O2/c1-2-10-13-14-11(17)15(10)12-7-8-5-3-4-6-9(8)16/h3-7,16H,2H2,1H3,(H,14,17). The van der Waals surface area contributed by atoms with E-state index >= 15 is 0 Å². The van der Waals surface area contributed by atoms with E-state index in [4.69, 9.17) is 0 Å². The van der Waals surface area contributed by atoms with Gasteiger partial charge in [-0.2, -0.15) is 14.9 Å². The number of nitrogens with zero attached hydrogens (tertiary/aromatic N) is 3. The molecule has 0 saturated heterocycles. The van der Waals surface area contributed by atoms with Crippen LogP contribution in [0.1, 0.15) is 18.3 Å². The van der Waals surface area contributed by atoms with Gasteiger partial charge in [-0.1, -0.05) is 19.1 Å². The van der Waals surface area contributed by atoms with E-state index in [1.807, 2.05) is 6.92 Å². The Bertz CT molecular complexity index is 598. The predicted molar refractivity (Wildman–Crippen MR) is 63.3 cm³/mol. The molecule has 0 aliphatic heterocycles. The third-order valence-corrected chi connectivity index (χ3v) is 2.28. The smallest absolute Gasteiger partial charge is 0.364 e. The number of aromatic hydroxyl groups is 1. The van der Waals surface area contributed by atoms with E-state index in [1.54, 1.807) is 24.3 Å². The number of phenolic OH excluding ortho intramolecular Hbond substituents is 1. The number of phenols is 1. The van der Waals surface area contributed by atoms with Gasteiger partial charge < -0.3 is 5.11 Å². The Balaban J connectivity index is 2.35. The number of hydrogen-bond acceptors (Lipinski definition) is 4. The molecule has 17 heavy (non-hydrogen) atoms. The molecule has 1 heterocycles. The van der Waals surface area contributed by atoms with Crippen LogP contribution in [0.25, 0.3) is 0 Å². The maximum Gasteiger partial charge on any atom is 0.364 e. The lowest BCUT2D eigenvalue weighted by atomic mass is 10.2. The Kier molecular flexibility index (Phi) is 3.04. The second-order valence-corrected chi connectivity index (χ2v) is 3.41. The average molecular weight is 232 g/mol. The monoisotopic (exact) mass is 232 g/mol. The number of rotatable bonds is 3. The van der Waals surface area contributed by atoms with Crippen LogP contribution in [-0.2, 0) is 6.42 Å². The van der Waals surface area contributed by atoms with Gasteiger partial charge in [0, 0.05) is 12.0 Å². The summed E-state index contributed by atoms with van der Waals surface area (Å²) in [4.78, 5) is 11.4. The second kappa shape index (κ2) is 4.65. The molecule has 6 heteroatoms. The zero-order valence-electron chi connectivity index (χ0n) is 9.29. The highest BCUT2D eigenvalue weighted by molar-refractivity contribution is 5.83. The van der Waals surface area contributed by atoms with Crippen LogP contribution in [0.3, 0.4) is 0 Å². The Labute approximate surface area is 97.2 Å². The van der Waals surface area contributed by atoms with Crippen LogP contribution in [-0.4, -0.2) is 26.2 Å². The minimum Gasteiger partial charge on any atom is -0.507 e. The molecular weight excluding hydrogens is 220 g/mol. The van der Waals surface area contributed by atoms with E-state index < -0.39 is 5.69 Å². The summed E-state index contributed by atoms with van der Waals surface area (Å²) >= 11 is 0. The molecule has 1 aromatic heterocycles. The molecule has 0 saturated carbocycles. The van der Waals surface area contributed by atoms with E-state index in [0.29, 0.717) is 17.8 Å². The number of benzene rings is 1. The lowest BCUT2D eigenvalue weighted by Gasteiger charge is -1.97. The van der Waals surface area contributed by atoms with Gasteiger partial charge in [0.25, 0.3) is 0 Å². The van der Waals surface area contributed by atoms with Crippen LogP contribution in [0.4, 0.5) is 0 Å². The van der Waals surface area contributed by atoms with Gasteiger partial charge in [0.05, 0.1) is 6.21 Å². The summed E-state index contributed by atoms with van der Waals surface area (Å²) in [6.45, 7) is 1.88. The van der Waals surface area contributed by atoms with E-state index in [0.717, 1.165) is 0 Å². The topological polar surface area (TPSA) is 83.3 Å². The Morgan fingerprint density at radius 2 is 2.29 bits per heavy atom. The lowest BCUT2D eigenvalue weighted by Crippen LogP contribution is -2.14. The number of H-pyrrole nitrogens is 1. The Morgan fingerprint density at radius 1 is 1.53 bits per heavy atom. The van der Waals surface area contributed by atoms with Crippen molar-refractivity contribution in [3.8, 4) is 5.75 Å². The summed E-state index contributed by atoms with van der Waals surface area (Å²) in [5, 5.41) is 19.7. The zero-order chi connectivity index (χ0) is 12.3. The average Bonchev–Trinajstić information content (AvgIpc) is 2.69. The maximum atomic E-state index is 11.4. The molecule has 88 valence electrons. The Morgan fingerprint density at radius 3 is 3.00 bits per heavy atom. The van der Waals surface area contributed by atoms with E-state index in [9.17, 15) is 9.90 Å². The van der Waals surface area contributed by atoms with Crippen molar-refractivity contribution in [1.82, 2.24) is 14.9 Å². The summed E-state index contributed by atoms with van der Waals surface area (Å²) in [7, 11) is 0. The third kappa shape index (κ3) is 2.25. The number of hydrogen-bond donors (Lipinski definition) is 2. The van der Waals surface area contributed by atoms with Crippen molar-refractivity contribution < 1.29 is 5.11 Å².